The second-order valence-corrected chi connectivity index (χ2v) is 17.8. The van der Waals surface area contributed by atoms with E-state index in [1.165, 1.54) is 31.2 Å². The van der Waals surface area contributed by atoms with E-state index in [2.05, 4.69) is 31.2 Å². The van der Waals surface area contributed by atoms with Crippen molar-refractivity contribution in [2.75, 3.05) is 68.0 Å². The Kier molecular flexibility index (Phi) is 13.9. The Morgan fingerprint density at radius 1 is 0.985 bits per heavy atom. The molecule has 65 heavy (non-hydrogen) atoms. The number of ether oxygens (including phenoxy) is 2. The average Bonchev–Trinajstić information content (AvgIpc) is 3.63. The van der Waals surface area contributed by atoms with Crippen molar-refractivity contribution in [2.45, 2.75) is 96.6 Å². The van der Waals surface area contributed by atoms with Gasteiger partial charge in [0.25, 0.3) is 17.4 Å². The average molecular weight is 915 g/mol. The molecule has 9 rings (SSSR count). The van der Waals surface area contributed by atoms with Crippen molar-refractivity contribution >= 4 is 69.3 Å². The number of rotatable bonds is 11. The number of amides is 4. The lowest BCUT2D eigenvalue weighted by atomic mass is 9.95. The summed E-state index contributed by atoms with van der Waals surface area (Å²) in [5.41, 5.74) is 3.16. The van der Waals surface area contributed by atoms with Gasteiger partial charge in [0, 0.05) is 75.4 Å². The number of piperazine rings is 1. The first-order chi connectivity index (χ1) is 31.3. The Balaban J connectivity index is 0.000000192. The van der Waals surface area contributed by atoms with Crippen LogP contribution in [0, 0.1) is 12.7 Å². The van der Waals surface area contributed by atoms with Crippen molar-refractivity contribution in [3.63, 3.8) is 0 Å². The van der Waals surface area contributed by atoms with E-state index < -0.39 is 11.9 Å². The maximum Gasteiger partial charge on any atom is 0.293 e. The van der Waals surface area contributed by atoms with Gasteiger partial charge in [-0.1, -0.05) is 11.6 Å². The molecule has 4 fully saturated rings. The number of hydrogen-bond donors (Lipinski definition) is 4. The predicted molar refractivity (Wildman–Crippen MR) is 245 cm³/mol. The van der Waals surface area contributed by atoms with Gasteiger partial charge in [-0.2, -0.15) is 4.98 Å². The highest BCUT2D eigenvalue weighted by atomic mass is 35.5. The van der Waals surface area contributed by atoms with Gasteiger partial charge in [-0.15, -0.1) is 0 Å². The van der Waals surface area contributed by atoms with Crippen LogP contribution in [0.5, 0.6) is 5.75 Å². The summed E-state index contributed by atoms with van der Waals surface area (Å²) >= 11 is 6.47. The molecule has 4 aliphatic heterocycles. The number of halogens is 2. The number of nitrogens with one attached hydrogen (secondary N) is 4. The lowest BCUT2D eigenvalue weighted by molar-refractivity contribution is -0.137. The number of carbonyl (C=O) groups is 4. The fourth-order valence-electron chi connectivity index (χ4n) is 8.98. The largest absolute Gasteiger partial charge is 0.478 e. The Bertz CT molecular complexity index is 2540. The van der Waals surface area contributed by atoms with E-state index in [1.807, 2.05) is 36.9 Å². The fraction of sp³-hybridized carbons (Fsp3) is 0.500. The molecule has 0 bridgehead atoms. The second kappa shape index (κ2) is 19.7. The minimum Gasteiger partial charge on any atom is -0.478 e. The highest BCUT2D eigenvalue weighted by Gasteiger charge is 2.42. The quantitative estimate of drug-likeness (QED) is 0.151. The number of nitrogens with zero attached hydrogens (tertiary/aromatic N) is 6. The van der Waals surface area contributed by atoms with Gasteiger partial charge in [0.2, 0.25) is 17.8 Å². The van der Waals surface area contributed by atoms with Crippen LogP contribution in [-0.2, 0) is 25.7 Å². The molecule has 1 atom stereocenters. The summed E-state index contributed by atoms with van der Waals surface area (Å²) in [6, 6.07) is 8.22. The number of aryl methyl sites for hydroxylation is 1. The van der Waals surface area contributed by atoms with E-state index >= 15 is 4.39 Å². The van der Waals surface area contributed by atoms with Gasteiger partial charge in [0.15, 0.2) is 24.0 Å². The SMILES string of the molecule is CNC(=O)COc1cc2cc(Nc3nc(N4CCC(OC5CCC5)CC4)ncc3Cl)ccc2n(C(C)C)c1=O.Cc1cc(N2CCNCC2)c(F)c2c1C(=O)N(C1CCC(=O)NC1=O)C2. The number of aromatic nitrogens is 3. The zero-order chi connectivity index (χ0) is 45.9. The normalized spacial score (nSPS) is 19.2. The zero-order valence-corrected chi connectivity index (χ0v) is 37.9. The maximum absolute atomic E-state index is 15.2. The number of benzene rings is 2. The standard InChI is InChI=1S/C28H35ClN6O4.C18H21FN4O3/c1-17(2)35-23-8-7-19(13-18(23)14-24(27(35)37)38-16-25(36)30-3)32-26-22(29)15-31-28(33-26)34-11-9-21(10-12-34)39-20-5-4-6-20;1-10-8-13(22-6-4-20-5-7-22)16(19)11-9-23(18(26)15(10)11)12-2-3-14(24)21-17(12)25/h7-8,13-15,17,20-21H,4-6,9-12,16H2,1-3H3,(H,30,36)(H,31,32,33);8,12,20H,2-7,9H2,1H3,(H,21,24,25). The molecule has 3 saturated heterocycles. The van der Waals surface area contributed by atoms with E-state index in [-0.39, 0.29) is 66.9 Å². The highest BCUT2D eigenvalue weighted by molar-refractivity contribution is 6.33. The molecule has 5 aliphatic rings. The van der Waals surface area contributed by atoms with Crippen LogP contribution in [0.4, 0.5) is 27.5 Å². The topological polar surface area (TPSA) is 192 Å². The van der Waals surface area contributed by atoms with Crippen LogP contribution in [0.25, 0.3) is 10.9 Å². The summed E-state index contributed by atoms with van der Waals surface area (Å²) in [5, 5.41) is 12.5. The Morgan fingerprint density at radius 2 is 1.72 bits per heavy atom. The number of pyridine rings is 1. The molecule has 346 valence electrons. The molecule has 2 aromatic heterocycles. The summed E-state index contributed by atoms with van der Waals surface area (Å²) < 4.78 is 28.6. The van der Waals surface area contributed by atoms with Crippen molar-refractivity contribution in [2.24, 2.45) is 0 Å². The molecule has 17 nitrogen and oxygen atoms in total. The summed E-state index contributed by atoms with van der Waals surface area (Å²) in [4.78, 5) is 75.9. The molecule has 4 N–H and O–H groups in total. The smallest absolute Gasteiger partial charge is 0.293 e. The van der Waals surface area contributed by atoms with Crippen LogP contribution in [0.1, 0.15) is 86.3 Å². The van der Waals surface area contributed by atoms with Crippen LogP contribution < -0.4 is 41.4 Å². The van der Waals surface area contributed by atoms with Crippen molar-refractivity contribution in [3.8, 4) is 5.75 Å². The molecular weight excluding hydrogens is 859 g/mol. The van der Waals surface area contributed by atoms with E-state index in [0.717, 1.165) is 61.2 Å². The minimum atomic E-state index is -0.728. The number of fused-ring (bicyclic) bond motifs is 2. The summed E-state index contributed by atoms with van der Waals surface area (Å²) in [5.74, 6) is -0.602. The molecule has 0 radical (unpaired) electrons. The van der Waals surface area contributed by atoms with E-state index in [9.17, 15) is 24.0 Å². The van der Waals surface area contributed by atoms with E-state index in [1.54, 1.807) is 29.8 Å². The van der Waals surface area contributed by atoms with Gasteiger partial charge in [-0.25, -0.2) is 9.37 Å². The lowest BCUT2D eigenvalue weighted by Crippen LogP contribution is -2.52. The second-order valence-electron chi connectivity index (χ2n) is 17.4. The molecule has 1 unspecified atom stereocenters. The molecule has 2 aromatic carbocycles. The van der Waals surface area contributed by atoms with Crippen molar-refractivity contribution in [3.05, 3.63) is 74.4 Å². The molecule has 1 saturated carbocycles. The van der Waals surface area contributed by atoms with Crippen molar-refractivity contribution < 1.29 is 33.0 Å². The van der Waals surface area contributed by atoms with Crippen LogP contribution in [0.3, 0.4) is 0 Å². The monoisotopic (exact) mass is 914 g/mol. The molecule has 1 aliphatic carbocycles. The third-order valence-electron chi connectivity index (χ3n) is 12.7. The fourth-order valence-corrected chi connectivity index (χ4v) is 9.12. The van der Waals surface area contributed by atoms with E-state index in [0.29, 0.717) is 58.9 Å². The zero-order valence-electron chi connectivity index (χ0n) is 37.2. The van der Waals surface area contributed by atoms with Crippen LogP contribution in [0.15, 0.2) is 41.3 Å². The Hall–Kier alpha value is -5.85. The third-order valence-corrected chi connectivity index (χ3v) is 13.0. The van der Waals surface area contributed by atoms with Crippen LogP contribution in [-0.4, -0.2) is 114 Å². The molecular formula is C46H56ClFN10O7. The highest BCUT2D eigenvalue weighted by Crippen LogP contribution is 2.37. The van der Waals surface area contributed by atoms with Gasteiger partial charge in [0.1, 0.15) is 11.1 Å². The number of carbonyl (C=O) groups excluding carboxylic acids is 4. The van der Waals surface area contributed by atoms with Gasteiger partial charge < -0.3 is 44.7 Å². The maximum atomic E-state index is 15.2. The van der Waals surface area contributed by atoms with Crippen molar-refractivity contribution in [1.82, 2.24) is 35.4 Å². The lowest BCUT2D eigenvalue weighted by Gasteiger charge is -2.36. The van der Waals surface area contributed by atoms with Gasteiger partial charge >= 0.3 is 0 Å². The van der Waals surface area contributed by atoms with Crippen molar-refractivity contribution in [1.29, 1.82) is 0 Å². The summed E-state index contributed by atoms with van der Waals surface area (Å²) in [7, 11) is 1.52. The van der Waals surface area contributed by atoms with Crippen LogP contribution >= 0.6 is 11.6 Å². The van der Waals surface area contributed by atoms with Gasteiger partial charge in [0.05, 0.1) is 41.7 Å². The number of piperidine rings is 2. The first kappa shape index (κ1) is 45.7. The number of imide groups is 1. The Labute approximate surface area is 381 Å². The minimum absolute atomic E-state index is 0.0625. The predicted octanol–water partition coefficient (Wildman–Crippen LogP) is 4.74. The molecule has 4 amide bonds. The molecule has 6 heterocycles. The summed E-state index contributed by atoms with van der Waals surface area (Å²) in [6.45, 7) is 10.1. The van der Waals surface area contributed by atoms with Crippen LogP contribution in [0.2, 0.25) is 5.02 Å². The first-order valence-electron chi connectivity index (χ1n) is 22.4. The van der Waals surface area contributed by atoms with Gasteiger partial charge in [-0.3, -0.25) is 29.3 Å². The third kappa shape index (κ3) is 9.89. The van der Waals surface area contributed by atoms with Gasteiger partial charge in [-0.05, 0) is 95.2 Å². The summed E-state index contributed by atoms with van der Waals surface area (Å²) in [6.07, 6.45) is 8.39. The molecule has 19 heteroatoms. The number of likely N-dealkylation sites (N-methyl/N-ethyl adjacent to an activating group) is 1. The molecule has 0 spiro atoms. The number of hydrogen-bond acceptors (Lipinski definition) is 13. The first-order valence-corrected chi connectivity index (χ1v) is 22.8. The Morgan fingerprint density at radius 3 is 2.40 bits per heavy atom. The molecule has 4 aromatic rings. The van der Waals surface area contributed by atoms with E-state index in [4.69, 9.17) is 26.1 Å². The number of anilines is 4.